The lowest BCUT2D eigenvalue weighted by molar-refractivity contribution is -0.391. The molecule has 3 aromatic heterocycles. The van der Waals surface area contributed by atoms with Crippen molar-refractivity contribution in [3.05, 3.63) is 28.4 Å². The van der Waals surface area contributed by atoms with Crippen molar-refractivity contribution in [3.8, 4) is 11.6 Å². The highest BCUT2D eigenvalue weighted by molar-refractivity contribution is 5.82. The van der Waals surface area contributed by atoms with Crippen LogP contribution in [0.4, 0.5) is 11.6 Å². The van der Waals surface area contributed by atoms with Crippen LogP contribution in [0.15, 0.2) is 23.3 Å². The number of hydrogen-bond acceptors (Lipinski definition) is 8. The van der Waals surface area contributed by atoms with Crippen LogP contribution in [-0.2, 0) is 7.05 Å². The minimum absolute atomic E-state index is 0.119. The van der Waals surface area contributed by atoms with Gasteiger partial charge in [-0.2, -0.15) is 4.52 Å². The van der Waals surface area contributed by atoms with E-state index < -0.39 is 4.92 Å². The number of aliphatic imine (C=N–C) groups is 1. The molecule has 0 radical (unpaired) electrons. The van der Waals surface area contributed by atoms with Crippen LogP contribution >= 0.6 is 0 Å². The summed E-state index contributed by atoms with van der Waals surface area (Å²) in [5.74, 6) is 0.817. The second-order valence-electron chi connectivity index (χ2n) is 4.82. The zero-order valence-corrected chi connectivity index (χ0v) is 12.6. The van der Waals surface area contributed by atoms with Crippen molar-refractivity contribution in [2.45, 2.75) is 6.42 Å². The van der Waals surface area contributed by atoms with Crippen molar-refractivity contribution in [1.82, 2.24) is 29.4 Å². The Morgan fingerprint density at radius 1 is 1.42 bits per heavy atom. The summed E-state index contributed by atoms with van der Waals surface area (Å²) in [4.78, 5) is 18.5. The first-order chi connectivity index (χ1) is 11.5. The first kappa shape index (κ1) is 15.5. The lowest BCUT2D eigenvalue weighted by Gasteiger charge is -2.00. The molecule has 0 unspecified atom stereocenters. The quantitative estimate of drug-likeness (QED) is 0.281. The summed E-state index contributed by atoms with van der Waals surface area (Å²) in [6.07, 6.45) is 1.36. The molecule has 0 atom stereocenters. The van der Waals surface area contributed by atoms with Gasteiger partial charge in [-0.25, -0.2) is 14.5 Å². The Kier molecular flexibility index (Phi) is 3.87. The first-order valence-electron chi connectivity index (χ1n) is 6.84. The maximum Gasteiger partial charge on any atom is 0.343 e. The third-order valence-corrected chi connectivity index (χ3v) is 3.23. The van der Waals surface area contributed by atoms with Crippen molar-refractivity contribution in [3.63, 3.8) is 0 Å². The second-order valence-corrected chi connectivity index (χ2v) is 4.82. The number of amidine groups is 1. The van der Waals surface area contributed by atoms with E-state index in [1.165, 1.54) is 16.1 Å². The molecule has 0 fully saturated rings. The molecule has 0 amide bonds. The van der Waals surface area contributed by atoms with E-state index in [0.717, 1.165) is 6.20 Å². The van der Waals surface area contributed by atoms with Gasteiger partial charge in [0, 0.05) is 6.42 Å². The van der Waals surface area contributed by atoms with Gasteiger partial charge < -0.3 is 21.0 Å². The van der Waals surface area contributed by atoms with Gasteiger partial charge in [-0.1, -0.05) is 0 Å². The molecule has 3 heterocycles. The number of aromatic nitrogens is 6. The van der Waals surface area contributed by atoms with E-state index in [4.69, 9.17) is 10.8 Å². The fourth-order valence-electron chi connectivity index (χ4n) is 2.07. The molecule has 3 N–H and O–H groups in total. The topological polar surface area (TPSA) is 163 Å². The van der Waals surface area contributed by atoms with E-state index in [9.17, 15) is 10.1 Å². The van der Waals surface area contributed by atoms with Gasteiger partial charge in [0.05, 0.1) is 13.7 Å². The van der Waals surface area contributed by atoms with E-state index in [1.54, 1.807) is 12.1 Å². The Balaban J connectivity index is 2.10. The Bertz CT molecular complexity index is 943. The highest BCUT2D eigenvalue weighted by Crippen LogP contribution is 2.21. The molecule has 0 spiro atoms. The molecule has 12 nitrogen and oxygen atoms in total. The maximum absolute atomic E-state index is 10.9. The predicted molar refractivity (Wildman–Crippen MR) is 82.6 cm³/mol. The lowest BCUT2D eigenvalue weighted by Crippen LogP contribution is -2.13. The average molecular weight is 331 g/mol. The van der Waals surface area contributed by atoms with Gasteiger partial charge in [0.25, 0.3) is 5.82 Å². The molecule has 0 aliphatic carbocycles. The highest BCUT2D eigenvalue weighted by Gasteiger charge is 2.23. The zero-order valence-electron chi connectivity index (χ0n) is 12.6. The number of nitrogens with two attached hydrogens (primary N) is 1. The number of imidazole rings is 1. The molecule has 12 heteroatoms. The highest BCUT2D eigenvalue weighted by atomic mass is 16.6. The van der Waals surface area contributed by atoms with Crippen molar-refractivity contribution >= 4 is 23.1 Å². The first-order valence-corrected chi connectivity index (χ1v) is 6.84. The summed E-state index contributed by atoms with van der Waals surface area (Å²) in [5, 5.41) is 32.0. The van der Waals surface area contributed by atoms with Gasteiger partial charge >= 0.3 is 5.82 Å². The molecule has 0 saturated heterocycles. The summed E-state index contributed by atoms with van der Waals surface area (Å²) in [5.41, 5.74) is 6.09. The lowest BCUT2D eigenvalue weighted by atomic mass is 10.4. The SMILES string of the molecule is Cn1c([N+](=O)[O-])cnc1-c1nnc2ccc(N=C(N)CCO)nn12. The molecular weight excluding hydrogens is 318 g/mol. The third kappa shape index (κ3) is 2.65. The number of nitro groups is 1. The summed E-state index contributed by atoms with van der Waals surface area (Å²) >= 11 is 0. The normalized spacial score (nSPS) is 12.0. The van der Waals surface area contributed by atoms with Gasteiger partial charge in [-0.3, -0.25) is 0 Å². The molecule has 0 aliphatic rings. The molecule has 24 heavy (non-hydrogen) atoms. The van der Waals surface area contributed by atoms with E-state index >= 15 is 0 Å². The Hall–Kier alpha value is -3.41. The Morgan fingerprint density at radius 2 is 2.21 bits per heavy atom. The molecule has 3 aromatic rings. The van der Waals surface area contributed by atoms with Gasteiger partial charge in [-0.15, -0.1) is 15.3 Å². The molecule has 0 aromatic carbocycles. The van der Waals surface area contributed by atoms with Gasteiger partial charge in [0.15, 0.2) is 11.5 Å². The number of fused-ring (bicyclic) bond motifs is 1. The number of aliphatic hydroxyl groups is 1. The van der Waals surface area contributed by atoms with Crippen LogP contribution in [-0.4, -0.2) is 51.8 Å². The van der Waals surface area contributed by atoms with Gasteiger partial charge in [0.2, 0.25) is 5.82 Å². The van der Waals surface area contributed by atoms with E-state index in [1.807, 2.05) is 0 Å². The molecule has 124 valence electrons. The predicted octanol–water partition coefficient (Wildman–Crippen LogP) is -0.196. The molecule has 3 rings (SSSR count). The molecular formula is C12H13N9O3. The average Bonchev–Trinajstić information content (AvgIpc) is 3.10. The number of rotatable bonds is 5. The van der Waals surface area contributed by atoms with Crippen LogP contribution in [0.1, 0.15) is 6.42 Å². The molecule has 0 aliphatic heterocycles. The number of hydrogen-bond donors (Lipinski definition) is 2. The Morgan fingerprint density at radius 3 is 2.88 bits per heavy atom. The van der Waals surface area contributed by atoms with Crippen LogP contribution in [0, 0.1) is 10.1 Å². The van der Waals surface area contributed by atoms with Gasteiger partial charge in [-0.05, 0) is 17.1 Å². The second kappa shape index (κ2) is 6.00. The minimum atomic E-state index is -0.543. The maximum atomic E-state index is 10.9. The fraction of sp³-hybridized carbons (Fsp3) is 0.250. The fourth-order valence-corrected chi connectivity index (χ4v) is 2.07. The summed E-state index contributed by atoms with van der Waals surface area (Å²) in [6, 6.07) is 3.23. The zero-order chi connectivity index (χ0) is 17.3. The van der Waals surface area contributed by atoms with Crippen molar-refractivity contribution in [2.75, 3.05) is 6.61 Å². The largest absolute Gasteiger partial charge is 0.396 e. The van der Waals surface area contributed by atoms with Crippen LogP contribution < -0.4 is 5.73 Å². The number of aliphatic hydroxyl groups excluding tert-OH is 1. The number of nitrogens with zero attached hydrogens (tertiary/aromatic N) is 8. The van der Waals surface area contributed by atoms with Crippen LogP contribution in [0.2, 0.25) is 0 Å². The van der Waals surface area contributed by atoms with Crippen LogP contribution in [0.25, 0.3) is 17.3 Å². The van der Waals surface area contributed by atoms with Crippen LogP contribution in [0.5, 0.6) is 0 Å². The smallest absolute Gasteiger partial charge is 0.343 e. The third-order valence-electron chi connectivity index (χ3n) is 3.23. The Labute approximate surface area is 134 Å². The monoisotopic (exact) mass is 331 g/mol. The van der Waals surface area contributed by atoms with Crippen molar-refractivity contribution in [1.29, 1.82) is 0 Å². The molecule has 0 bridgehead atoms. The van der Waals surface area contributed by atoms with E-state index in [0.29, 0.717) is 11.5 Å². The van der Waals surface area contributed by atoms with Crippen molar-refractivity contribution in [2.24, 2.45) is 17.8 Å². The minimum Gasteiger partial charge on any atom is -0.396 e. The molecule has 0 saturated carbocycles. The van der Waals surface area contributed by atoms with Gasteiger partial charge in [0.1, 0.15) is 12.0 Å². The summed E-state index contributed by atoms with van der Waals surface area (Å²) in [7, 11) is 1.50. The van der Waals surface area contributed by atoms with Crippen LogP contribution in [0.3, 0.4) is 0 Å². The van der Waals surface area contributed by atoms with Crippen molar-refractivity contribution < 1.29 is 10.0 Å². The summed E-state index contributed by atoms with van der Waals surface area (Å²) < 4.78 is 2.66. The van der Waals surface area contributed by atoms with E-state index in [2.05, 4.69) is 25.3 Å². The van der Waals surface area contributed by atoms with E-state index in [-0.39, 0.29) is 36.3 Å². The summed E-state index contributed by atoms with van der Waals surface area (Å²) in [6.45, 7) is -0.119. The standard InChI is InChI=1S/C12H13N9O3/c1-19-10(21(23)24)6-14-11(19)12-17-16-9-3-2-8(18-20(9)12)15-7(13)4-5-22/h2-3,6,22H,4-5H2,1H3,(H2,13,15,18).